The maximum atomic E-state index is 13.4. The number of carbonyl (C=O) groups is 1. The number of aryl methyl sites for hydroxylation is 3. The van der Waals surface area contributed by atoms with Crippen LogP contribution < -0.4 is 4.90 Å². The molecular formula is C24H26N4OS. The largest absolute Gasteiger partial charge is 0.275 e. The number of benzene rings is 2. The summed E-state index contributed by atoms with van der Waals surface area (Å²) >= 11 is 1.55. The third kappa shape index (κ3) is 4.14. The van der Waals surface area contributed by atoms with Gasteiger partial charge in [0.15, 0.2) is 5.13 Å². The number of anilines is 2. The van der Waals surface area contributed by atoms with Gasteiger partial charge < -0.3 is 0 Å². The normalized spacial score (nSPS) is 11.4. The van der Waals surface area contributed by atoms with E-state index in [-0.39, 0.29) is 5.91 Å². The number of nitrogens with zero attached hydrogens (tertiary/aromatic N) is 4. The Kier molecular flexibility index (Phi) is 5.68. The second-order valence-electron chi connectivity index (χ2n) is 7.85. The van der Waals surface area contributed by atoms with E-state index in [4.69, 9.17) is 4.98 Å². The molecule has 0 saturated carbocycles. The maximum absolute atomic E-state index is 13.4. The van der Waals surface area contributed by atoms with Crippen LogP contribution in [0.25, 0.3) is 10.2 Å². The zero-order valence-electron chi connectivity index (χ0n) is 17.8. The number of para-hydroxylation sites is 1. The molecule has 2 heterocycles. The molecule has 0 atom stereocenters. The standard InChI is InChI=1S/C24H26N4OS/c1-16(2)18-9-12-20(13-10-18)28(24-25-21-7-5-6-8-22(21)30-24)23(29)14-11-19-15-27(4)26-17(19)3/h5-10,12-13,15-16H,11,14H2,1-4H3. The lowest BCUT2D eigenvalue weighted by molar-refractivity contribution is -0.117. The molecule has 2 aromatic heterocycles. The Morgan fingerprint density at radius 1 is 1.13 bits per heavy atom. The van der Waals surface area contributed by atoms with Gasteiger partial charge in [0.2, 0.25) is 5.91 Å². The van der Waals surface area contributed by atoms with Crippen molar-refractivity contribution in [3.63, 3.8) is 0 Å². The third-order valence-electron chi connectivity index (χ3n) is 5.26. The lowest BCUT2D eigenvalue weighted by atomic mass is 10.0. The first-order valence-corrected chi connectivity index (χ1v) is 11.0. The highest BCUT2D eigenvalue weighted by molar-refractivity contribution is 7.22. The van der Waals surface area contributed by atoms with Crippen LogP contribution in [0.5, 0.6) is 0 Å². The molecule has 0 fully saturated rings. The lowest BCUT2D eigenvalue weighted by Gasteiger charge is -2.21. The summed E-state index contributed by atoms with van der Waals surface area (Å²) < 4.78 is 2.87. The van der Waals surface area contributed by atoms with Gasteiger partial charge in [-0.3, -0.25) is 14.4 Å². The number of aromatic nitrogens is 3. The Hall–Kier alpha value is -2.99. The minimum Gasteiger partial charge on any atom is -0.275 e. The molecule has 0 bridgehead atoms. The Labute approximate surface area is 181 Å². The van der Waals surface area contributed by atoms with Gasteiger partial charge in [0.05, 0.1) is 21.6 Å². The van der Waals surface area contributed by atoms with Crippen molar-refractivity contribution in [2.75, 3.05) is 4.90 Å². The molecule has 0 unspecified atom stereocenters. The molecule has 30 heavy (non-hydrogen) atoms. The van der Waals surface area contributed by atoms with Crippen LogP contribution in [0, 0.1) is 6.92 Å². The van der Waals surface area contributed by atoms with E-state index >= 15 is 0 Å². The summed E-state index contributed by atoms with van der Waals surface area (Å²) in [6.45, 7) is 6.32. The molecule has 0 aliphatic heterocycles. The number of thiazole rings is 1. The molecule has 0 N–H and O–H groups in total. The summed E-state index contributed by atoms with van der Waals surface area (Å²) in [7, 11) is 1.90. The zero-order chi connectivity index (χ0) is 21.3. The van der Waals surface area contributed by atoms with Gasteiger partial charge in [0.25, 0.3) is 0 Å². The summed E-state index contributed by atoms with van der Waals surface area (Å²) in [5.74, 6) is 0.480. The SMILES string of the molecule is Cc1nn(C)cc1CCC(=O)N(c1ccc(C(C)C)cc1)c1nc2ccccc2s1. The first-order chi connectivity index (χ1) is 14.4. The van der Waals surface area contributed by atoms with Crippen molar-refractivity contribution in [1.82, 2.24) is 14.8 Å². The number of fused-ring (bicyclic) bond motifs is 1. The fourth-order valence-electron chi connectivity index (χ4n) is 3.57. The van der Waals surface area contributed by atoms with Crippen molar-refractivity contribution < 1.29 is 4.79 Å². The van der Waals surface area contributed by atoms with Crippen LogP contribution in [0.1, 0.15) is 43.0 Å². The number of rotatable bonds is 6. The molecule has 154 valence electrons. The fraction of sp³-hybridized carbons (Fsp3) is 0.292. The summed E-state index contributed by atoms with van der Waals surface area (Å²) in [5, 5.41) is 5.10. The van der Waals surface area contributed by atoms with E-state index in [2.05, 4.69) is 31.1 Å². The van der Waals surface area contributed by atoms with Crippen molar-refractivity contribution in [1.29, 1.82) is 0 Å². The number of hydrogen-bond donors (Lipinski definition) is 0. The van der Waals surface area contributed by atoms with Crippen molar-refractivity contribution in [3.8, 4) is 0 Å². The fourth-order valence-corrected chi connectivity index (χ4v) is 4.58. The van der Waals surface area contributed by atoms with Gasteiger partial charge in [-0.25, -0.2) is 4.98 Å². The van der Waals surface area contributed by atoms with Crippen LogP contribution in [-0.4, -0.2) is 20.7 Å². The molecule has 4 rings (SSSR count). The van der Waals surface area contributed by atoms with Gasteiger partial charge in [0.1, 0.15) is 0 Å². The van der Waals surface area contributed by atoms with Crippen molar-refractivity contribution in [2.24, 2.45) is 7.05 Å². The highest BCUT2D eigenvalue weighted by Gasteiger charge is 2.22. The van der Waals surface area contributed by atoms with Crippen LogP contribution in [0.3, 0.4) is 0 Å². The molecule has 0 spiro atoms. The lowest BCUT2D eigenvalue weighted by Crippen LogP contribution is -2.26. The first-order valence-electron chi connectivity index (χ1n) is 10.2. The molecule has 4 aromatic rings. The molecule has 0 saturated heterocycles. The molecule has 1 amide bonds. The molecule has 0 aliphatic rings. The molecule has 5 nitrogen and oxygen atoms in total. The smallest absolute Gasteiger partial charge is 0.233 e. The minimum absolute atomic E-state index is 0.0367. The van der Waals surface area contributed by atoms with Crippen LogP contribution >= 0.6 is 11.3 Å². The van der Waals surface area contributed by atoms with E-state index < -0.39 is 0 Å². The summed E-state index contributed by atoms with van der Waals surface area (Å²) in [6.07, 6.45) is 3.04. The van der Waals surface area contributed by atoms with Gasteiger partial charge in [-0.2, -0.15) is 5.10 Å². The van der Waals surface area contributed by atoms with Gasteiger partial charge >= 0.3 is 0 Å². The first kappa shape index (κ1) is 20.3. The summed E-state index contributed by atoms with van der Waals surface area (Å²) in [6, 6.07) is 16.2. The van der Waals surface area contributed by atoms with E-state index in [1.807, 2.05) is 56.6 Å². The average molecular weight is 419 g/mol. The monoisotopic (exact) mass is 418 g/mol. The van der Waals surface area contributed by atoms with Gasteiger partial charge in [-0.15, -0.1) is 0 Å². The van der Waals surface area contributed by atoms with Crippen LogP contribution in [0.4, 0.5) is 10.8 Å². The Bertz CT molecular complexity index is 1140. The van der Waals surface area contributed by atoms with Gasteiger partial charge in [-0.05, 0) is 54.7 Å². The zero-order valence-corrected chi connectivity index (χ0v) is 18.6. The maximum Gasteiger partial charge on any atom is 0.233 e. The van der Waals surface area contributed by atoms with E-state index in [0.29, 0.717) is 23.9 Å². The second-order valence-corrected chi connectivity index (χ2v) is 8.86. The van der Waals surface area contributed by atoms with Crippen LogP contribution in [0.2, 0.25) is 0 Å². The predicted octanol–water partition coefficient (Wildman–Crippen LogP) is 5.76. The second kappa shape index (κ2) is 8.40. The summed E-state index contributed by atoms with van der Waals surface area (Å²) in [5.41, 5.74) is 5.09. The highest BCUT2D eigenvalue weighted by Crippen LogP contribution is 2.34. The number of carbonyl (C=O) groups excluding carboxylic acids is 1. The average Bonchev–Trinajstić information content (AvgIpc) is 3.29. The topological polar surface area (TPSA) is 51.0 Å². The highest BCUT2D eigenvalue weighted by atomic mass is 32.1. The Morgan fingerprint density at radius 3 is 2.50 bits per heavy atom. The van der Waals surface area contributed by atoms with Crippen molar-refractivity contribution in [2.45, 2.75) is 39.5 Å². The van der Waals surface area contributed by atoms with Gasteiger partial charge in [0, 0.05) is 19.7 Å². The third-order valence-corrected chi connectivity index (χ3v) is 6.29. The molecule has 0 radical (unpaired) electrons. The van der Waals surface area contributed by atoms with Crippen LogP contribution in [-0.2, 0) is 18.3 Å². The van der Waals surface area contributed by atoms with Crippen LogP contribution in [0.15, 0.2) is 54.7 Å². The molecule has 6 heteroatoms. The van der Waals surface area contributed by atoms with E-state index in [9.17, 15) is 4.79 Å². The van der Waals surface area contributed by atoms with E-state index in [1.165, 1.54) is 5.56 Å². The van der Waals surface area contributed by atoms with Gasteiger partial charge in [-0.1, -0.05) is 49.4 Å². The molecule has 2 aromatic carbocycles. The quantitative estimate of drug-likeness (QED) is 0.400. The van der Waals surface area contributed by atoms with Crippen molar-refractivity contribution >= 4 is 38.3 Å². The van der Waals surface area contributed by atoms with Crippen molar-refractivity contribution in [3.05, 3.63) is 71.5 Å². The number of hydrogen-bond acceptors (Lipinski definition) is 4. The number of amides is 1. The molecular weight excluding hydrogens is 392 g/mol. The van der Waals surface area contributed by atoms with E-state index in [1.54, 1.807) is 20.9 Å². The Morgan fingerprint density at radius 2 is 1.87 bits per heavy atom. The Balaban J connectivity index is 1.67. The summed E-state index contributed by atoms with van der Waals surface area (Å²) in [4.78, 5) is 19.9. The predicted molar refractivity (Wildman–Crippen MR) is 124 cm³/mol. The minimum atomic E-state index is 0.0367. The molecule has 0 aliphatic carbocycles. The van der Waals surface area contributed by atoms with E-state index in [0.717, 1.165) is 27.2 Å².